The minimum atomic E-state index is 0.533. The van der Waals surface area contributed by atoms with Gasteiger partial charge in [-0.25, -0.2) is 0 Å². The number of nitrogens with zero attached hydrogens (tertiary/aromatic N) is 1. The number of hydrogen-bond acceptors (Lipinski definition) is 1. The van der Waals surface area contributed by atoms with E-state index in [1.807, 2.05) is 13.8 Å². The van der Waals surface area contributed by atoms with Crippen molar-refractivity contribution < 1.29 is 0 Å². The Morgan fingerprint density at radius 1 is 1.12 bits per heavy atom. The van der Waals surface area contributed by atoms with Crippen LogP contribution in [0.2, 0.25) is 0 Å². The lowest BCUT2D eigenvalue weighted by Gasteiger charge is -2.05. The third-order valence-corrected chi connectivity index (χ3v) is 3.23. The van der Waals surface area contributed by atoms with Crippen LogP contribution in [0.3, 0.4) is 0 Å². The summed E-state index contributed by atoms with van der Waals surface area (Å²) in [6, 6.07) is 4.39. The van der Waals surface area contributed by atoms with Crippen LogP contribution in [0.1, 0.15) is 45.7 Å². The van der Waals surface area contributed by atoms with E-state index in [0.717, 1.165) is 11.8 Å². The maximum atomic E-state index is 4.70. The van der Waals surface area contributed by atoms with Crippen LogP contribution in [0.15, 0.2) is 12.1 Å². The Bertz CT molecular complexity index is 485. The van der Waals surface area contributed by atoms with Crippen LogP contribution in [0.25, 0.3) is 12.2 Å². The number of rotatable bonds is 1. The highest BCUT2D eigenvalue weighted by Crippen LogP contribution is 2.41. The van der Waals surface area contributed by atoms with Crippen molar-refractivity contribution in [2.24, 2.45) is 11.8 Å². The molecule has 3 rings (SSSR count). The van der Waals surface area contributed by atoms with Gasteiger partial charge in [0.2, 0.25) is 0 Å². The highest BCUT2D eigenvalue weighted by atomic mass is 14.7. The van der Waals surface area contributed by atoms with Gasteiger partial charge in [-0.2, -0.15) is 0 Å². The summed E-state index contributed by atoms with van der Waals surface area (Å²) >= 11 is 0. The monoisotopic (exact) mass is 215 g/mol. The summed E-state index contributed by atoms with van der Waals surface area (Å²) < 4.78 is 0. The molecule has 86 valence electrons. The van der Waals surface area contributed by atoms with Gasteiger partial charge in [0.15, 0.2) is 0 Å². The molecule has 0 radical (unpaired) electrons. The van der Waals surface area contributed by atoms with Gasteiger partial charge in [0, 0.05) is 5.69 Å². The summed E-state index contributed by atoms with van der Waals surface area (Å²) in [5.74, 6) is 2.16. The van der Waals surface area contributed by atoms with Gasteiger partial charge in [0.25, 0.3) is 0 Å². The van der Waals surface area contributed by atoms with Crippen molar-refractivity contribution in [3.05, 3.63) is 28.4 Å². The first kappa shape index (κ1) is 11.4. The van der Waals surface area contributed by atoms with Gasteiger partial charge in [-0.3, -0.25) is 4.98 Å². The molecule has 2 aliphatic carbocycles. The molecule has 1 nitrogen and oxygen atoms in total. The zero-order chi connectivity index (χ0) is 11.7. The Hall–Kier alpha value is -1.11. The van der Waals surface area contributed by atoms with Crippen molar-refractivity contribution in [1.29, 1.82) is 0 Å². The highest BCUT2D eigenvalue weighted by Gasteiger charge is 2.34. The lowest BCUT2D eigenvalue weighted by molar-refractivity contribution is 0.812. The van der Waals surface area contributed by atoms with Crippen molar-refractivity contribution in [1.82, 2.24) is 4.98 Å². The first-order chi connectivity index (χ1) is 7.74. The number of pyridine rings is 1. The lowest BCUT2D eigenvalue weighted by atomic mass is 10.1. The van der Waals surface area contributed by atoms with Crippen molar-refractivity contribution in [2.45, 2.75) is 40.0 Å². The van der Waals surface area contributed by atoms with E-state index in [2.05, 4.69) is 38.1 Å². The van der Waals surface area contributed by atoms with E-state index < -0.39 is 0 Å². The molecule has 2 unspecified atom stereocenters. The molecular weight excluding hydrogens is 194 g/mol. The molecule has 0 saturated heterocycles. The van der Waals surface area contributed by atoms with Crippen LogP contribution in [-0.2, 0) is 0 Å². The molecule has 0 aliphatic heterocycles. The second-order valence-electron chi connectivity index (χ2n) is 4.76. The van der Waals surface area contributed by atoms with Gasteiger partial charge in [-0.1, -0.05) is 45.9 Å². The zero-order valence-electron chi connectivity index (χ0n) is 10.7. The van der Waals surface area contributed by atoms with Gasteiger partial charge in [-0.15, -0.1) is 0 Å². The van der Waals surface area contributed by atoms with E-state index in [0.29, 0.717) is 5.92 Å². The van der Waals surface area contributed by atoms with Crippen LogP contribution in [0.5, 0.6) is 0 Å². The molecule has 0 spiro atoms. The largest absolute Gasteiger partial charge is 0.253 e. The van der Waals surface area contributed by atoms with E-state index in [9.17, 15) is 0 Å². The molecule has 1 saturated carbocycles. The molecule has 1 heterocycles. The summed E-state index contributed by atoms with van der Waals surface area (Å²) in [6.07, 6.45) is 6.08. The minimum absolute atomic E-state index is 0.533. The molecule has 1 fully saturated rings. The molecule has 1 heteroatoms. The number of hydrogen-bond donors (Lipinski definition) is 0. The average Bonchev–Trinajstić information content (AvgIpc) is 3.05. The predicted octanol–water partition coefficient (Wildman–Crippen LogP) is 2.44. The van der Waals surface area contributed by atoms with Gasteiger partial charge < -0.3 is 0 Å². The Balaban J connectivity index is 0.000000457. The molecule has 2 atom stereocenters. The zero-order valence-corrected chi connectivity index (χ0v) is 10.7. The SMILES string of the molecule is CC.CC(C)c1ccc2c(n1)=CC1CC1C=2. The molecule has 2 aliphatic rings. The summed E-state index contributed by atoms with van der Waals surface area (Å²) in [5, 5.41) is 2.56. The molecule has 0 aromatic carbocycles. The second-order valence-corrected chi connectivity index (χ2v) is 4.76. The molecule has 16 heavy (non-hydrogen) atoms. The normalized spacial score (nSPS) is 24.3. The van der Waals surface area contributed by atoms with E-state index in [-0.39, 0.29) is 0 Å². The average molecular weight is 215 g/mol. The summed E-state index contributed by atoms with van der Waals surface area (Å²) in [4.78, 5) is 4.70. The molecule has 0 amide bonds. The number of aromatic nitrogens is 1. The van der Waals surface area contributed by atoms with Gasteiger partial charge in [0.05, 0.1) is 5.35 Å². The fourth-order valence-corrected chi connectivity index (χ4v) is 2.15. The van der Waals surface area contributed by atoms with Crippen LogP contribution in [0.4, 0.5) is 0 Å². The van der Waals surface area contributed by atoms with Gasteiger partial charge in [-0.05, 0) is 35.5 Å². The lowest BCUT2D eigenvalue weighted by Crippen LogP contribution is -2.31. The van der Waals surface area contributed by atoms with E-state index in [1.54, 1.807) is 0 Å². The topological polar surface area (TPSA) is 12.9 Å². The maximum Gasteiger partial charge on any atom is 0.0665 e. The Morgan fingerprint density at radius 3 is 2.50 bits per heavy atom. The third-order valence-electron chi connectivity index (χ3n) is 3.23. The van der Waals surface area contributed by atoms with Crippen molar-refractivity contribution in [2.75, 3.05) is 0 Å². The molecule has 1 aromatic rings. The van der Waals surface area contributed by atoms with Crippen LogP contribution in [0, 0.1) is 11.8 Å². The fraction of sp³-hybridized carbons (Fsp3) is 0.533. The quantitative estimate of drug-likeness (QED) is 0.701. The summed E-state index contributed by atoms with van der Waals surface area (Å²) in [7, 11) is 0. The van der Waals surface area contributed by atoms with Crippen molar-refractivity contribution in [3.8, 4) is 0 Å². The smallest absolute Gasteiger partial charge is 0.0665 e. The summed E-state index contributed by atoms with van der Waals surface area (Å²) in [6.45, 7) is 8.39. The van der Waals surface area contributed by atoms with Gasteiger partial charge in [0.1, 0.15) is 0 Å². The van der Waals surface area contributed by atoms with Crippen LogP contribution in [-0.4, -0.2) is 4.98 Å². The Morgan fingerprint density at radius 2 is 1.81 bits per heavy atom. The Kier molecular flexibility index (Phi) is 3.13. The maximum absolute atomic E-state index is 4.70. The minimum Gasteiger partial charge on any atom is -0.253 e. The van der Waals surface area contributed by atoms with Crippen LogP contribution >= 0.6 is 0 Å². The van der Waals surface area contributed by atoms with Crippen LogP contribution < -0.4 is 10.6 Å². The van der Waals surface area contributed by atoms with E-state index in [1.165, 1.54) is 22.7 Å². The third kappa shape index (κ3) is 2.04. The fourth-order valence-electron chi connectivity index (χ4n) is 2.15. The molecule has 1 aromatic heterocycles. The van der Waals surface area contributed by atoms with E-state index in [4.69, 9.17) is 4.98 Å². The van der Waals surface area contributed by atoms with Crippen molar-refractivity contribution >= 4 is 12.2 Å². The molecule has 0 bridgehead atoms. The Labute approximate surface area is 97.9 Å². The standard InChI is InChI=1S/C13H15N.C2H6/c1-8(2)12-4-3-9-5-10-6-11(10)7-13(9)14-12;1-2/h3-5,7-8,10-11H,6H2,1-2H3;1-2H3. The molecule has 0 N–H and O–H groups in total. The summed E-state index contributed by atoms with van der Waals surface area (Å²) in [5.41, 5.74) is 1.22. The highest BCUT2D eigenvalue weighted by molar-refractivity contribution is 5.47. The van der Waals surface area contributed by atoms with E-state index >= 15 is 0 Å². The van der Waals surface area contributed by atoms with Crippen molar-refractivity contribution in [3.63, 3.8) is 0 Å². The first-order valence-electron chi connectivity index (χ1n) is 6.45. The molecular formula is C15H21N. The first-order valence-corrected chi connectivity index (χ1v) is 6.45. The predicted molar refractivity (Wildman–Crippen MR) is 69.5 cm³/mol. The van der Waals surface area contributed by atoms with Gasteiger partial charge >= 0.3 is 0 Å². The second kappa shape index (κ2) is 4.40. The number of fused-ring (bicyclic) bond motifs is 2.